The number of rotatable bonds is 6. The van der Waals surface area contributed by atoms with Crippen LogP contribution in [0.3, 0.4) is 0 Å². The minimum Gasteiger partial charge on any atom is -0.349 e. The molecule has 1 aliphatic carbocycles. The number of carbonyl (C=O) groups excluding carboxylic acids is 1. The molecule has 7 heteroatoms. The lowest BCUT2D eigenvalue weighted by Gasteiger charge is -2.53. The van der Waals surface area contributed by atoms with Crippen molar-refractivity contribution in [2.24, 2.45) is 5.41 Å². The Kier molecular flexibility index (Phi) is 3.92. The highest BCUT2D eigenvalue weighted by atomic mass is 19.3. The molecule has 0 spiro atoms. The lowest BCUT2D eigenvalue weighted by atomic mass is 9.74. The Bertz CT molecular complexity index is 553. The van der Waals surface area contributed by atoms with Gasteiger partial charge in [0, 0.05) is 30.4 Å². The first-order valence-electron chi connectivity index (χ1n) is 7.70. The quantitative estimate of drug-likeness (QED) is 0.874. The third-order valence-electron chi connectivity index (χ3n) is 4.40. The number of halogens is 2. The maximum Gasteiger partial charge on any atom is 0.255 e. The predicted octanol–water partition coefficient (Wildman–Crippen LogP) is 1.98. The summed E-state index contributed by atoms with van der Waals surface area (Å²) in [6, 6.07) is 0.587. The van der Waals surface area contributed by atoms with Crippen LogP contribution in [-0.4, -0.2) is 46.4 Å². The summed E-state index contributed by atoms with van der Waals surface area (Å²) >= 11 is 0. The van der Waals surface area contributed by atoms with Gasteiger partial charge in [-0.1, -0.05) is 13.8 Å². The Morgan fingerprint density at radius 2 is 2.23 bits per heavy atom. The Morgan fingerprint density at radius 1 is 1.50 bits per heavy atom. The maximum absolute atomic E-state index is 12.2. The Hall–Kier alpha value is -1.50. The number of hydrogen-bond acceptors (Lipinski definition) is 3. The first kappa shape index (κ1) is 15.4. The second-order valence-corrected chi connectivity index (χ2v) is 6.92. The van der Waals surface area contributed by atoms with Crippen LogP contribution in [0.4, 0.5) is 8.78 Å². The zero-order valence-electron chi connectivity index (χ0n) is 12.9. The highest BCUT2D eigenvalue weighted by Gasteiger charge is 2.49. The third kappa shape index (κ3) is 2.99. The molecule has 1 aromatic rings. The average molecular weight is 312 g/mol. The fraction of sp³-hybridized carbons (Fsp3) is 0.733. The molecule has 1 N–H and O–H groups in total. The van der Waals surface area contributed by atoms with Gasteiger partial charge in [0.2, 0.25) is 5.91 Å². The predicted molar refractivity (Wildman–Crippen MR) is 77.6 cm³/mol. The van der Waals surface area contributed by atoms with Crippen LogP contribution in [0.25, 0.3) is 0 Å². The number of imidazole rings is 1. The van der Waals surface area contributed by atoms with Gasteiger partial charge in [-0.3, -0.25) is 9.69 Å². The van der Waals surface area contributed by atoms with Gasteiger partial charge in [0.15, 0.2) is 0 Å². The SMILES string of the molecule is CC1(C)CN(CC(=O)NCC(F)F)C1c1nccn1C1CC1. The fourth-order valence-electron chi connectivity index (χ4n) is 3.37. The molecule has 22 heavy (non-hydrogen) atoms. The molecule has 2 heterocycles. The van der Waals surface area contributed by atoms with Gasteiger partial charge < -0.3 is 9.88 Å². The number of carbonyl (C=O) groups is 1. The number of nitrogens with one attached hydrogen (secondary N) is 1. The smallest absolute Gasteiger partial charge is 0.255 e. The normalized spacial score (nSPS) is 24.3. The first-order chi connectivity index (χ1) is 10.4. The molecule has 0 radical (unpaired) electrons. The van der Waals surface area contributed by atoms with E-state index in [2.05, 4.69) is 28.7 Å². The van der Waals surface area contributed by atoms with Gasteiger partial charge in [0.25, 0.3) is 6.43 Å². The minimum atomic E-state index is -2.51. The number of hydrogen-bond donors (Lipinski definition) is 1. The van der Waals surface area contributed by atoms with Gasteiger partial charge in [0.05, 0.1) is 19.1 Å². The van der Waals surface area contributed by atoms with Crippen molar-refractivity contribution in [2.45, 2.75) is 45.2 Å². The van der Waals surface area contributed by atoms with E-state index in [1.807, 2.05) is 11.1 Å². The van der Waals surface area contributed by atoms with Crippen molar-refractivity contribution < 1.29 is 13.6 Å². The van der Waals surface area contributed by atoms with Crippen molar-refractivity contribution in [1.82, 2.24) is 19.8 Å². The molecule has 1 saturated carbocycles. The summed E-state index contributed by atoms with van der Waals surface area (Å²) in [5, 5.41) is 2.27. The molecule has 1 aromatic heterocycles. The first-order valence-corrected chi connectivity index (χ1v) is 7.70. The van der Waals surface area contributed by atoms with Gasteiger partial charge in [-0.05, 0) is 12.8 Å². The Labute approximate surface area is 128 Å². The molecule has 0 aromatic carbocycles. The molecular weight excluding hydrogens is 290 g/mol. The molecule has 0 bridgehead atoms. The molecule has 1 saturated heterocycles. The summed E-state index contributed by atoms with van der Waals surface area (Å²) in [5.74, 6) is 0.630. The molecule has 2 aliphatic rings. The van der Waals surface area contributed by atoms with Crippen LogP contribution >= 0.6 is 0 Å². The highest BCUT2D eigenvalue weighted by molar-refractivity contribution is 5.78. The van der Waals surface area contributed by atoms with E-state index in [9.17, 15) is 13.6 Å². The zero-order chi connectivity index (χ0) is 15.9. The van der Waals surface area contributed by atoms with Gasteiger partial charge >= 0.3 is 0 Å². The van der Waals surface area contributed by atoms with Gasteiger partial charge in [-0.2, -0.15) is 0 Å². The topological polar surface area (TPSA) is 50.2 Å². The van der Waals surface area contributed by atoms with E-state index in [1.165, 1.54) is 12.8 Å². The summed E-state index contributed by atoms with van der Waals surface area (Å²) in [5.41, 5.74) is 0.0288. The third-order valence-corrected chi connectivity index (χ3v) is 4.40. The van der Waals surface area contributed by atoms with Crippen LogP contribution in [0.2, 0.25) is 0 Å². The summed E-state index contributed by atoms with van der Waals surface area (Å²) in [4.78, 5) is 18.3. The Morgan fingerprint density at radius 3 is 2.82 bits per heavy atom. The van der Waals surface area contributed by atoms with E-state index in [-0.39, 0.29) is 23.9 Å². The van der Waals surface area contributed by atoms with Gasteiger partial charge in [0.1, 0.15) is 5.82 Å². The van der Waals surface area contributed by atoms with Crippen molar-refractivity contribution in [3.8, 4) is 0 Å². The van der Waals surface area contributed by atoms with Crippen molar-refractivity contribution in [3.63, 3.8) is 0 Å². The van der Waals surface area contributed by atoms with E-state index in [1.54, 1.807) is 6.20 Å². The number of amides is 1. The summed E-state index contributed by atoms with van der Waals surface area (Å²) in [6.45, 7) is 4.61. The highest BCUT2D eigenvalue weighted by Crippen LogP contribution is 2.49. The molecular formula is C15H22F2N4O. The van der Waals surface area contributed by atoms with Gasteiger partial charge in [-0.15, -0.1) is 0 Å². The number of aromatic nitrogens is 2. The lowest BCUT2D eigenvalue weighted by Crippen LogP contribution is -2.58. The Balaban J connectivity index is 1.68. The minimum absolute atomic E-state index is 0.0288. The van der Waals surface area contributed by atoms with E-state index in [4.69, 9.17) is 0 Å². The van der Waals surface area contributed by atoms with Crippen LogP contribution in [0.5, 0.6) is 0 Å². The van der Waals surface area contributed by atoms with Crippen molar-refractivity contribution in [3.05, 3.63) is 18.2 Å². The fourth-order valence-corrected chi connectivity index (χ4v) is 3.37. The second-order valence-electron chi connectivity index (χ2n) is 6.92. The average Bonchev–Trinajstić information content (AvgIpc) is 3.16. The maximum atomic E-state index is 12.2. The van der Waals surface area contributed by atoms with E-state index in [0.29, 0.717) is 6.04 Å². The second kappa shape index (κ2) is 5.61. The van der Waals surface area contributed by atoms with Crippen LogP contribution in [0, 0.1) is 5.41 Å². The zero-order valence-corrected chi connectivity index (χ0v) is 12.9. The van der Waals surface area contributed by atoms with E-state index in [0.717, 1.165) is 12.4 Å². The van der Waals surface area contributed by atoms with Crippen LogP contribution in [0.15, 0.2) is 12.4 Å². The number of nitrogens with zero attached hydrogens (tertiary/aromatic N) is 3. The van der Waals surface area contributed by atoms with Crippen LogP contribution in [-0.2, 0) is 4.79 Å². The lowest BCUT2D eigenvalue weighted by molar-refractivity contribution is -0.130. The standard InChI is InChI=1S/C15H22F2N4O/c1-15(2)9-20(8-12(22)19-7-11(16)17)13(15)14-18-5-6-21(14)10-3-4-10/h5-6,10-11,13H,3-4,7-9H2,1-2H3,(H,19,22). The summed E-state index contributed by atoms with van der Waals surface area (Å²) in [6.07, 6.45) is 3.63. The van der Waals surface area contributed by atoms with E-state index >= 15 is 0 Å². The van der Waals surface area contributed by atoms with Crippen molar-refractivity contribution in [2.75, 3.05) is 19.6 Å². The summed E-state index contributed by atoms with van der Waals surface area (Å²) in [7, 11) is 0. The van der Waals surface area contributed by atoms with Crippen molar-refractivity contribution >= 4 is 5.91 Å². The number of likely N-dealkylation sites (tertiary alicyclic amines) is 1. The molecule has 122 valence electrons. The largest absolute Gasteiger partial charge is 0.349 e. The molecule has 2 fully saturated rings. The van der Waals surface area contributed by atoms with Crippen molar-refractivity contribution in [1.29, 1.82) is 0 Å². The molecule has 1 atom stereocenters. The molecule has 1 unspecified atom stereocenters. The monoisotopic (exact) mass is 312 g/mol. The summed E-state index contributed by atoms with van der Waals surface area (Å²) < 4.78 is 26.5. The van der Waals surface area contributed by atoms with Gasteiger partial charge in [-0.25, -0.2) is 13.8 Å². The molecule has 1 aliphatic heterocycles. The van der Waals surface area contributed by atoms with Crippen LogP contribution in [0.1, 0.15) is 44.6 Å². The molecule has 3 rings (SSSR count). The molecule has 5 nitrogen and oxygen atoms in total. The molecule has 1 amide bonds. The van der Waals surface area contributed by atoms with E-state index < -0.39 is 13.0 Å². The number of alkyl halides is 2. The van der Waals surface area contributed by atoms with Crippen LogP contribution < -0.4 is 5.32 Å².